The maximum absolute atomic E-state index is 11.7. The molecule has 0 aromatic heterocycles. The van der Waals surface area contributed by atoms with Crippen LogP contribution in [0.2, 0.25) is 0 Å². The largest absolute Gasteiger partial charge is 0.472 e. The van der Waals surface area contributed by atoms with E-state index in [0.29, 0.717) is 6.42 Å². The van der Waals surface area contributed by atoms with Crippen molar-refractivity contribution < 1.29 is 33.1 Å². The molecule has 0 bridgehead atoms. The fourth-order valence-corrected chi connectivity index (χ4v) is 3.53. The van der Waals surface area contributed by atoms with E-state index in [1.165, 1.54) is 44.9 Å². The molecule has 0 aliphatic heterocycles. The van der Waals surface area contributed by atoms with Gasteiger partial charge in [-0.3, -0.25) is 13.8 Å². The van der Waals surface area contributed by atoms with Crippen molar-refractivity contribution in [1.82, 2.24) is 0 Å². The van der Waals surface area contributed by atoms with Crippen LogP contribution in [-0.2, 0) is 23.1 Å². The van der Waals surface area contributed by atoms with Gasteiger partial charge in [0.15, 0.2) is 0 Å². The van der Waals surface area contributed by atoms with Crippen molar-refractivity contribution in [2.75, 3.05) is 26.4 Å². The predicted molar refractivity (Wildman–Crippen MR) is 113 cm³/mol. The van der Waals surface area contributed by atoms with Gasteiger partial charge in [0.2, 0.25) is 0 Å². The molecule has 2 atom stereocenters. The van der Waals surface area contributed by atoms with E-state index in [1.54, 1.807) is 0 Å². The van der Waals surface area contributed by atoms with E-state index in [2.05, 4.69) is 22.9 Å². The summed E-state index contributed by atoms with van der Waals surface area (Å²) < 4.78 is 25.5. The predicted octanol–water partition coefficient (Wildman–Crippen LogP) is 3.93. The Labute approximate surface area is 176 Å². The van der Waals surface area contributed by atoms with E-state index in [-0.39, 0.29) is 25.7 Å². The summed E-state index contributed by atoms with van der Waals surface area (Å²) in [5, 5.41) is 9.65. The van der Waals surface area contributed by atoms with Crippen LogP contribution < -0.4 is 5.73 Å². The fourth-order valence-electron chi connectivity index (χ4n) is 2.75. The number of hydrogen-bond donors (Lipinski definition) is 3. The third-order valence-corrected chi connectivity index (χ3v) is 5.39. The number of unbranched alkanes of at least 4 members (excludes halogenated alkanes) is 8. The second-order valence-electron chi connectivity index (χ2n) is 7.84. The molecule has 0 amide bonds. The minimum absolute atomic E-state index is 0.0759. The highest BCUT2D eigenvalue weighted by atomic mass is 31.2. The molecule has 1 unspecified atom stereocenters. The number of nitrogens with two attached hydrogens (primary N) is 1. The molecule has 0 rings (SSSR count). The first kappa shape index (κ1) is 28.5. The zero-order chi connectivity index (χ0) is 22.0. The zero-order valence-electron chi connectivity index (χ0n) is 18.2. The van der Waals surface area contributed by atoms with Gasteiger partial charge in [-0.2, -0.15) is 0 Å². The summed E-state index contributed by atoms with van der Waals surface area (Å²) in [5.41, 5.74) is 5.16. The number of rotatable bonds is 20. The Balaban J connectivity index is 3.50. The Hall–Kier alpha value is -0.500. The van der Waals surface area contributed by atoms with Gasteiger partial charge in [0.25, 0.3) is 0 Å². The number of ether oxygens (including phenoxy) is 1. The van der Waals surface area contributed by atoms with Crippen molar-refractivity contribution in [3.8, 4) is 0 Å². The summed E-state index contributed by atoms with van der Waals surface area (Å²) in [4.78, 5) is 20.9. The van der Waals surface area contributed by atoms with Crippen molar-refractivity contribution in [3.05, 3.63) is 0 Å². The zero-order valence-corrected chi connectivity index (χ0v) is 19.1. The van der Waals surface area contributed by atoms with Crippen molar-refractivity contribution in [2.45, 2.75) is 90.6 Å². The van der Waals surface area contributed by atoms with Crippen LogP contribution in [-0.4, -0.2) is 48.4 Å². The van der Waals surface area contributed by atoms with Crippen LogP contribution >= 0.6 is 7.82 Å². The van der Waals surface area contributed by atoms with Gasteiger partial charge in [0.05, 0.1) is 13.2 Å². The van der Waals surface area contributed by atoms with Crippen molar-refractivity contribution >= 4 is 13.8 Å². The summed E-state index contributed by atoms with van der Waals surface area (Å²) in [5.74, 6) is 0.416. The molecule has 0 aromatic carbocycles. The lowest BCUT2D eigenvalue weighted by Gasteiger charge is -2.15. The van der Waals surface area contributed by atoms with Gasteiger partial charge >= 0.3 is 13.8 Å². The van der Waals surface area contributed by atoms with E-state index < -0.39 is 20.5 Å². The Morgan fingerprint density at radius 1 is 0.931 bits per heavy atom. The fraction of sp³-hybridized carbons (Fsp3) is 0.950. The van der Waals surface area contributed by atoms with Crippen LogP contribution in [0.25, 0.3) is 0 Å². The van der Waals surface area contributed by atoms with Crippen molar-refractivity contribution in [3.63, 3.8) is 0 Å². The molecule has 0 aromatic rings. The highest BCUT2D eigenvalue weighted by molar-refractivity contribution is 7.47. The second kappa shape index (κ2) is 18.3. The molecule has 8 nitrogen and oxygen atoms in total. The first-order valence-corrected chi connectivity index (χ1v) is 12.4. The first-order chi connectivity index (χ1) is 13.8. The maximum atomic E-state index is 11.7. The quantitative estimate of drug-likeness (QED) is 0.148. The molecule has 0 heterocycles. The molecule has 0 spiro atoms. The third kappa shape index (κ3) is 20.5. The standard InChI is InChI=1S/C20H42NO7P/c1-18(2)12-10-8-6-4-3-5-7-9-11-13-20(23)26-16-19(22)17-28-29(24,25)27-15-14-21/h18-19,22H,3-17,21H2,1-2H3,(H,24,25)/t19-/m1/s1. The molecule has 0 aliphatic carbocycles. The minimum atomic E-state index is -4.23. The maximum Gasteiger partial charge on any atom is 0.472 e. The molecule has 0 fully saturated rings. The summed E-state index contributed by atoms with van der Waals surface area (Å²) in [6, 6.07) is 0. The first-order valence-electron chi connectivity index (χ1n) is 10.9. The minimum Gasteiger partial charge on any atom is -0.463 e. The smallest absolute Gasteiger partial charge is 0.463 e. The van der Waals surface area contributed by atoms with Crippen LogP contribution in [0.5, 0.6) is 0 Å². The molecule has 9 heteroatoms. The number of carbonyl (C=O) groups excluding carboxylic acids is 1. The lowest BCUT2D eigenvalue weighted by molar-refractivity contribution is -0.147. The van der Waals surface area contributed by atoms with E-state index in [4.69, 9.17) is 10.5 Å². The van der Waals surface area contributed by atoms with Crippen LogP contribution in [0.4, 0.5) is 0 Å². The normalized spacial score (nSPS) is 14.7. The lowest BCUT2D eigenvalue weighted by atomic mass is 10.0. The van der Waals surface area contributed by atoms with Gasteiger partial charge in [-0.05, 0) is 12.3 Å². The van der Waals surface area contributed by atoms with Gasteiger partial charge in [-0.15, -0.1) is 0 Å². The van der Waals surface area contributed by atoms with Gasteiger partial charge in [0, 0.05) is 13.0 Å². The Bertz CT molecular complexity index is 449. The SMILES string of the molecule is CC(C)CCCCCCCCCCCC(=O)OC[C@@H](O)COP(=O)(O)OCCN. The average molecular weight is 440 g/mol. The summed E-state index contributed by atoms with van der Waals surface area (Å²) in [6.07, 6.45) is 11.0. The Morgan fingerprint density at radius 2 is 1.48 bits per heavy atom. The molecular weight excluding hydrogens is 397 g/mol. The average Bonchev–Trinajstić information content (AvgIpc) is 2.67. The van der Waals surface area contributed by atoms with Crippen LogP contribution in [0.3, 0.4) is 0 Å². The third-order valence-electron chi connectivity index (χ3n) is 4.40. The van der Waals surface area contributed by atoms with Gasteiger partial charge in [-0.1, -0.05) is 71.6 Å². The number of phosphoric ester groups is 1. The number of hydrogen-bond acceptors (Lipinski definition) is 7. The van der Waals surface area contributed by atoms with Gasteiger partial charge in [-0.25, -0.2) is 4.57 Å². The molecule has 0 saturated carbocycles. The highest BCUT2D eigenvalue weighted by Gasteiger charge is 2.22. The summed E-state index contributed by atoms with van der Waals surface area (Å²) in [6.45, 7) is 3.73. The van der Waals surface area contributed by atoms with Gasteiger partial charge in [0.1, 0.15) is 12.7 Å². The van der Waals surface area contributed by atoms with Crippen LogP contribution in [0.15, 0.2) is 0 Å². The highest BCUT2D eigenvalue weighted by Crippen LogP contribution is 2.42. The van der Waals surface area contributed by atoms with Crippen LogP contribution in [0.1, 0.15) is 84.5 Å². The number of phosphoric acid groups is 1. The summed E-state index contributed by atoms with van der Waals surface area (Å²) in [7, 11) is -4.23. The lowest BCUT2D eigenvalue weighted by Crippen LogP contribution is -2.23. The van der Waals surface area contributed by atoms with Crippen LogP contribution in [0, 0.1) is 5.92 Å². The van der Waals surface area contributed by atoms with E-state index >= 15 is 0 Å². The molecule has 174 valence electrons. The Morgan fingerprint density at radius 3 is 2.03 bits per heavy atom. The van der Waals surface area contributed by atoms with E-state index in [9.17, 15) is 19.4 Å². The van der Waals surface area contributed by atoms with Crippen molar-refractivity contribution in [1.29, 1.82) is 0 Å². The number of esters is 1. The number of carbonyl (C=O) groups is 1. The monoisotopic (exact) mass is 439 g/mol. The van der Waals surface area contributed by atoms with E-state index in [0.717, 1.165) is 25.2 Å². The summed E-state index contributed by atoms with van der Waals surface area (Å²) >= 11 is 0. The molecule has 0 radical (unpaired) electrons. The van der Waals surface area contributed by atoms with Gasteiger partial charge < -0.3 is 20.5 Å². The molecule has 29 heavy (non-hydrogen) atoms. The Kier molecular flexibility index (Phi) is 18.0. The number of aliphatic hydroxyl groups excluding tert-OH is 1. The topological polar surface area (TPSA) is 128 Å². The van der Waals surface area contributed by atoms with Crippen molar-refractivity contribution in [2.24, 2.45) is 11.7 Å². The van der Waals surface area contributed by atoms with E-state index in [1.807, 2.05) is 0 Å². The molecule has 0 saturated heterocycles. The molecule has 0 aliphatic rings. The number of aliphatic hydroxyl groups is 1. The second-order valence-corrected chi connectivity index (χ2v) is 9.29. The molecular formula is C20H42NO7P. The molecule has 4 N–H and O–H groups in total.